The largest absolute Gasteiger partial charge is 0.379 e. The molecule has 2 rings (SSSR count). The summed E-state index contributed by atoms with van der Waals surface area (Å²) in [7, 11) is -3.09. The van der Waals surface area contributed by atoms with E-state index >= 15 is 0 Å². The van der Waals surface area contributed by atoms with Crippen LogP contribution in [-0.2, 0) is 14.6 Å². The van der Waals surface area contributed by atoms with E-state index in [4.69, 9.17) is 4.74 Å². The van der Waals surface area contributed by atoms with Gasteiger partial charge in [0.05, 0.1) is 30.8 Å². The highest BCUT2D eigenvalue weighted by Gasteiger charge is 2.42. The lowest BCUT2D eigenvalue weighted by molar-refractivity contribution is 0.0168. The molecule has 0 radical (unpaired) electrons. The van der Waals surface area contributed by atoms with Gasteiger partial charge in [0.15, 0.2) is 9.84 Å². The summed E-state index contributed by atoms with van der Waals surface area (Å²) in [6.45, 7) is 7.73. The Morgan fingerprint density at radius 2 is 1.86 bits per heavy atom. The van der Waals surface area contributed by atoms with Gasteiger partial charge in [0.2, 0.25) is 0 Å². The summed E-state index contributed by atoms with van der Waals surface area (Å²) in [4.78, 5) is 16.0. The Labute approximate surface area is 126 Å². The van der Waals surface area contributed by atoms with Gasteiger partial charge in [0.25, 0.3) is 0 Å². The van der Waals surface area contributed by atoms with E-state index in [9.17, 15) is 13.2 Å². The second-order valence-electron chi connectivity index (χ2n) is 5.52. The number of ether oxygens (including phenoxy) is 1. The van der Waals surface area contributed by atoms with Crippen LogP contribution < -0.4 is 5.32 Å². The lowest BCUT2D eigenvalue weighted by Gasteiger charge is -2.35. The van der Waals surface area contributed by atoms with E-state index in [-0.39, 0.29) is 29.6 Å². The third kappa shape index (κ3) is 4.08. The topological polar surface area (TPSA) is 79.0 Å². The molecule has 2 heterocycles. The Kier molecular flexibility index (Phi) is 5.45. The molecule has 7 nitrogen and oxygen atoms in total. The van der Waals surface area contributed by atoms with E-state index < -0.39 is 9.84 Å². The maximum Gasteiger partial charge on any atom is 0.317 e. The summed E-state index contributed by atoms with van der Waals surface area (Å²) in [6, 6.07) is -0.653. The van der Waals surface area contributed by atoms with Crippen molar-refractivity contribution in [2.24, 2.45) is 0 Å². The Bertz CT molecular complexity index is 458. The molecule has 122 valence electrons. The van der Waals surface area contributed by atoms with Crippen molar-refractivity contribution in [1.82, 2.24) is 15.1 Å². The SMILES string of the molecule is CCN(CC)C(=O)NC1CS(=O)(=O)CC1N1CCOCC1. The summed E-state index contributed by atoms with van der Waals surface area (Å²) in [6.07, 6.45) is 0. The third-order valence-electron chi connectivity index (χ3n) is 4.20. The highest BCUT2D eigenvalue weighted by Crippen LogP contribution is 2.20. The average molecular weight is 319 g/mol. The molecule has 2 atom stereocenters. The Morgan fingerprint density at radius 3 is 2.43 bits per heavy atom. The number of hydrogen-bond donors (Lipinski definition) is 1. The van der Waals surface area contributed by atoms with Crippen molar-refractivity contribution < 1.29 is 17.9 Å². The molecule has 2 unspecified atom stereocenters. The van der Waals surface area contributed by atoms with E-state index in [1.807, 2.05) is 13.8 Å². The molecule has 0 saturated carbocycles. The van der Waals surface area contributed by atoms with Gasteiger partial charge in [0.1, 0.15) is 0 Å². The van der Waals surface area contributed by atoms with Gasteiger partial charge >= 0.3 is 6.03 Å². The predicted molar refractivity (Wildman–Crippen MR) is 80.1 cm³/mol. The Hall–Kier alpha value is -0.860. The van der Waals surface area contributed by atoms with Crippen molar-refractivity contribution in [2.75, 3.05) is 50.9 Å². The van der Waals surface area contributed by atoms with Crippen LogP contribution in [0.2, 0.25) is 0 Å². The van der Waals surface area contributed by atoms with Gasteiger partial charge in [-0.05, 0) is 13.8 Å². The van der Waals surface area contributed by atoms with Crippen molar-refractivity contribution in [1.29, 1.82) is 0 Å². The fraction of sp³-hybridized carbons (Fsp3) is 0.923. The van der Waals surface area contributed by atoms with Crippen molar-refractivity contribution in [3.63, 3.8) is 0 Å². The quantitative estimate of drug-likeness (QED) is 0.758. The lowest BCUT2D eigenvalue weighted by atomic mass is 10.1. The van der Waals surface area contributed by atoms with Gasteiger partial charge in [-0.1, -0.05) is 0 Å². The summed E-state index contributed by atoms with van der Waals surface area (Å²) in [5.74, 6) is 0.151. The van der Waals surface area contributed by atoms with Crippen LogP contribution in [0.5, 0.6) is 0 Å². The minimum atomic E-state index is -3.09. The van der Waals surface area contributed by atoms with Crippen LogP contribution in [0.3, 0.4) is 0 Å². The molecule has 2 aliphatic heterocycles. The van der Waals surface area contributed by atoms with Crippen LogP contribution in [0, 0.1) is 0 Å². The fourth-order valence-electron chi connectivity index (χ4n) is 3.00. The zero-order valence-electron chi connectivity index (χ0n) is 12.7. The van der Waals surface area contributed by atoms with Crippen LogP contribution >= 0.6 is 0 Å². The maximum absolute atomic E-state index is 12.2. The molecule has 2 saturated heterocycles. The van der Waals surface area contributed by atoms with Crippen LogP contribution in [-0.4, -0.2) is 87.2 Å². The first kappa shape index (κ1) is 16.5. The second kappa shape index (κ2) is 6.93. The molecule has 0 aliphatic carbocycles. The number of hydrogen-bond acceptors (Lipinski definition) is 5. The van der Waals surface area contributed by atoms with Crippen LogP contribution in [0.15, 0.2) is 0 Å². The van der Waals surface area contributed by atoms with E-state index in [2.05, 4.69) is 10.2 Å². The van der Waals surface area contributed by atoms with E-state index in [1.165, 1.54) is 0 Å². The normalized spacial score (nSPS) is 29.2. The van der Waals surface area contributed by atoms with Crippen molar-refractivity contribution >= 4 is 15.9 Å². The standard InChI is InChI=1S/C13H25N3O4S/c1-3-15(4-2)13(17)14-11-9-21(18,19)10-12(11)16-5-7-20-8-6-16/h11-12H,3-10H2,1-2H3,(H,14,17). The number of nitrogens with zero attached hydrogens (tertiary/aromatic N) is 2. The van der Waals surface area contributed by atoms with E-state index in [0.29, 0.717) is 26.3 Å². The van der Waals surface area contributed by atoms with Gasteiger partial charge in [-0.3, -0.25) is 4.90 Å². The molecular formula is C13H25N3O4S. The first-order valence-electron chi connectivity index (χ1n) is 7.54. The highest BCUT2D eigenvalue weighted by molar-refractivity contribution is 7.91. The highest BCUT2D eigenvalue weighted by atomic mass is 32.2. The van der Waals surface area contributed by atoms with Crippen molar-refractivity contribution in [3.05, 3.63) is 0 Å². The minimum absolute atomic E-state index is 0.0298. The van der Waals surface area contributed by atoms with Gasteiger partial charge in [0, 0.05) is 32.2 Å². The number of morpholine rings is 1. The lowest BCUT2D eigenvalue weighted by Crippen LogP contribution is -2.56. The molecule has 2 fully saturated rings. The number of amides is 2. The Morgan fingerprint density at radius 1 is 1.24 bits per heavy atom. The van der Waals surface area contributed by atoms with Crippen LogP contribution in [0.1, 0.15) is 13.8 Å². The molecule has 8 heteroatoms. The maximum atomic E-state index is 12.2. The Balaban J connectivity index is 2.05. The molecular weight excluding hydrogens is 294 g/mol. The molecule has 1 N–H and O–H groups in total. The molecule has 0 bridgehead atoms. The average Bonchev–Trinajstić information content (AvgIpc) is 2.76. The predicted octanol–water partition coefficient (Wildman–Crippen LogP) is -0.464. The number of rotatable bonds is 4. The summed E-state index contributed by atoms with van der Waals surface area (Å²) in [5, 5.41) is 2.91. The number of carbonyl (C=O) groups excluding carboxylic acids is 1. The van der Waals surface area contributed by atoms with E-state index in [1.54, 1.807) is 4.90 Å². The minimum Gasteiger partial charge on any atom is -0.379 e. The van der Waals surface area contributed by atoms with Crippen molar-refractivity contribution in [2.45, 2.75) is 25.9 Å². The van der Waals surface area contributed by atoms with Crippen LogP contribution in [0.4, 0.5) is 4.79 Å². The number of sulfone groups is 1. The number of nitrogens with one attached hydrogen (secondary N) is 1. The molecule has 2 aliphatic rings. The third-order valence-corrected chi connectivity index (χ3v) is 5.91. The first-order chi connectivity index (χ1) is 9.96. The van der Waals surface area contributed by atoms with E-state index in [0.717, 1.165) is 13.1 Å². The fourth-order valence-corrected chi connectivity index (χ4v) is 4.95. The van der Waals surface area contributed by atoms with Crippen molar-refractivity contribution in [3.8, 4) is 0 Å². The second-order valence-corrected chi connectivity index (χ2v) is 7.67. The zero-order chi connectivity index (χ0) is 15.5. The molecule has 2 amide bonds. The summed E-state index contributed by atoms with van der Waals surface area (Å²) >= 11 is 0. The molecule has 0 spiro atoms. The molecule has 0 aromatic rings. The first-order valence-corrected chi connectivity index (χ1v) is 9.36. The molecule has 0 aromatic carbocycles. The van der Waals surface area contributed by atoms with Gasteiger partial charge in [-0.2, -0.15) is 0 Å². The van der Waals surface area contributed by atoms with Gasteiger partial charge in [-0.25, -0.2) is 13.2 Å². The van der Waals surface area contributed by atoms with Gasteiger partial charge < -0.3 is 15.0 Å². The van der Waals surface area contributed by atoms with Crippen LogP contribution in [0.25, 0.3) is 0 Å². The molecule has 0 aromatic heterocycles. The summed E-state index contributed by atoms with van der Waals surface area (Å²) < 4.78 is 29.2. The molecule has 21 heavy (non-hydrogen) atoms. The number of carbonyl (C=O) groups is 1. The number of urea groups is 1. The van der Waals surface area contributed by atoms with Gasteiger partial charge in [-0.15, -0.1) is 0 Å². The zero-order valence-corrected chi connectivity index (χ0v) is 13.6. The smallest absolute Gasteiger partial charge is 0.317 e. The monoisotopic (exact) mass is 319 g/mol. The summed E-state index contributed by atoms with van der Waals surface area (Å²) in [5.41, 5.74) is 0.